The molecule has 0 saturated heterocycles. The number of hydrogen-bond acceptors (Lipinski definition) is 3. The summed E-state index contributed by atoms with van der Waals surface area (Å²) < 4.78 is 10.1. The molecule has 0 aliphatic rings. The predicted octanol–water partition coefficient (Wildman–Crippen LogP) is 2.54. The number of ether oxygens (including phenoxy) is 1. The van der Waals surface area contributed by atoms with Gasteiger partial charge < -0.3 is 14.9 Å². The fourth-order valence-electron chi connectivity index (χ4n) is 1.33. The molecule has 0 spiro atoms. The molecule has 0 saturated carbocycles. The highest BCUT2D eigenvalue weighted by atomic mass is 16.5. The van der Waals surface area contributed by atoms with Crippen molar-refractivity contribution in [1.82, 2.24) is 0 Å². The van der Waals surface area contributed by atoms with Gasteiger partial charge in [0.25, 0.3) is 0 Å². The fourth-order valence-corrected chi connectivity index (χ4v) is 1.33. The van der Waals surface area contributed by atoms with E-state index in [-0.39, 0.29) is 0 Å². The Labute approximate surface area is 82.1 Å². The van der Waals surface area contributed by atoms with E-state index in [9.17, 15) is 0 Å². The first kappa shape index (κ1) is 8.69. The van der Waals surface area contributed by atoms with E-state index in [1.54, 1.807) is 13.4 Å². The Balaban J connectivity index is 2.47. The third-order valence-electron chi connectivity index (χ3n) is 2.07. The molecule has 3 nitrogen and oxygen atoms in total. The molecule has 0 atom stereocenters. The molecule has 0 unspecified atom stereocenters. The first-order chi connectivity index (χ1) is 6.81. The molecule has 0 bridgehead atoms. The summed E-state index contributed by atoms with van der Waals surface area (Å²) in [6.07, 6.45) is 3.15. The maximum atomic E-state index is 5.73. The number of hydrogen-bond donors (Lipinski definition) is 1. The predicted molar refractivity (Wildman–Crippen MR) is 55.1 cm³/mol. The van der Waals surface area contributed by atoms with Crippen molar-refractivity contribution in [2.24, 2.45) is 0 Å². The maximum absolute atomic E-state index is 5.73. The number of rotatable bonds is 2. The Morgan fingerprint density at radius 2 is 2.14 bits per heavy atom. The van der Waals surface area contributed by atoms with Crippen LogP contribution in [0.5, 0.6) is 5.75 Å². The lowest BCUT2D eigenvalue weighted by molar-refractivity contribution is 0.415. The van der Waals surface area contributed by atoms with Crippen molar-refractivity contribution in [3.63, 3.8) is 0 Å². The van der Waals surface area contributed by atoms with Gasteiger partial charge in [0.15, 0.2) is 0 Å². The average Bonchev–Trinajstić information content (AvgIpc) is 2.65. The van der Waals surface area contributed by atoms with Crippen molar-refractivity contribution in [3.8, 4) is 16.9 Å². The second-order valence-electron chi connectivity index (χ2n) is 2.97. The van der Waals surface area contributed by atoms with Crippen molar-refractivity contribution in [2.75, 3.05) is 12.8 Å². The largest absolute Gasteiger partial charge is 0.497 e. The molecule has 3 heteroatoms. The first-order valence-corrected chi connectivity index (χ1v) is 4.27. The minimum atomic E-state index is 0.637. The van der Waals surface area contributed by atoms with Gasteiger partial charge in [-0.05, 0) is 17.7 Å². The van der Waals surface area contributed by atoms with Gasteiger partial charge in [0.2, 0.25) is 0 Å². The van der Waals surface area contributed by atoms with Gasteiger partial charge in [0.1, 0.15) is 18.3 Å². The van der Waals surface area contributed by atoms with E-state index in [0.29, 0.717) is 5.69 Å². The van der Waals surface area contributed by atoms with Gasteiger partial charge in [-0.3, -0.25) is 0 Å². The molecule has 0 radical (unpaired) electrons. The van der Waals surface area contributed by atoms with Crippen LogP contribution in [0, 0.1) is 0 Å². The Kier molecular flexibility index (Phi) is 2.14. The van der Waals surface area contributed by atoms with Gasteiger partial charge >= 0.3 is 0 Å². The van der Waals surface area contributed by atoms with Crippen LogP contribution in [0.25, 0.3) is 11.1 Å². The number of benzene rings is 1. The Hall–Kier alpha value is -1.90. The number of methoxy groups -OCH3 is 1. The molecule has 2 rings (SSSR count). The molecule has 72 valence electrons. The smallest absolute Gasteiger partial charge is 0.119 e. The summed E-state index contributed by atoms with van der Waals surface area (Å²) in [7, 11) is 1.64. The maximum Gasteiger partial charge on any atom is 0.119 e. The topological polar surface area (TPSA) is 48.4 Å². The van der Waals surface area contributed by atoms with Crippen LogP contribution in [-0.4, -0.2) is 7.11 Å². The molecule has 2 aromatic rings. The number of furan rings is 1. The summed E-state index contributed by atoms with van der Waals surface area (Å²) in [5.41, 5.74) is 8.26. The average molecular weight is 189 g/mol. The molecule has 0 aliphatic carbocycles. The first-order valence-electron chi connectivity index (χ1n) is 4.27. The number of nitrogens with two attached hydrogens (primary N) is 1. The molecular weight excluding hydrogens is 178 g/mol. The van der Waals surface area contributed by atoms with E-state index in [4.69, 9.17) is 14.9 Å². The zero-order chi connectivity index (χ0) is 9.97. The van der Waals surface area contributed by atoms with Crippen LogP contribution in [0.3, 0.4) is 0 Å². The minimum absolute atomic E-state index is 0.637. The standard InChI is InChI=1S/C11H11NO2/c1-13-9-4-2-3-8(5-9)10-6-14-7-11(10)12/h2-7H,12H2,1H3. The fraction of sp³-hybridized carbons (Fsp3) is 0.0909. The molecule has 2 N–H and O–H groups in total. The number of nitrogen functional groups attached to an aromatic ring is 1. The zero-order valence-corrected chi connectivity index (χ0v) is 7.86. The van der Waals surface area contributed by atoms with E-state index in [0.717, 1.165) is 16.9 Å². The second kappa shape index (κ2) is 3.46. The van der Waals surface area contributed by atoms with Crippen LogP contribution in [0.2, 0.25) is 0 Å². The quantitative estimate of drug-likeness (QED) is 0.789. The zero-order valence-electron chi connectivity index (χ0n) is 7.86. The van der Waals surface area contributed by atoms with Gasteiger partial charge in [-0.1, -0.05) is 12.1 Å². The van der Waals surface area contributed by atoms with Crippen LogP contribution in [0.1, 0.15) is 0 Å². The van der Waals surface area contributed by atoms with Crippen LogP contribution >= 0.6 is 0 Å². The lowest BCUT2D eigenvalue weighted by Gasteiger charge is -2.02. The Bertz CT molecular complexity index is 434. The van der Waals surface area contributed by atoms with E-state index in [2.05, 4.69) is 0 Å². The molecule has 1 aromatic carbocycles. The van der Waals surface area contributed by atoms with E-state index in [1.807, 2.05) is 24.3 Å². The third-order valence-corrected chi connectivity index (χ3v) is 2.07. The normalized spacial score (nSPS) is 10.1. The summed E-state index contributed by atoms with van der Waals surface area (Å²) in [6.45, 7) is 0. The summed E-state index contributed by atoms with van der Waals surface area (Å²) in [5.74, 6) is 0.808. The molecule has 1 aromatic heterocycles. The summed E-state index contributed by atoms with van der Waals surface area (Å²) >= 11 is 0. The molecule has 0 fully saturated rings. The molecule has 0 aliphatic heterocycles. The lowest BCUT2D eigenvalue weighted by atomic mass is 10.1. The highest BCUT2D eigenvalue weighted by Gasteiger charge is 2.05. The summed E-state index contributed by atoms with van der Waals surface area (Å²) in [4.78, 5) is 0. The van der Waals surface area contributed by atoms with Crippen molar-refractivity contribution in [1.29, 1.82) is 0 Å². The Morgan fingerprint density at radius 1 is 1.29 bits per heavy atom. The lowest BCUT2D eigenvalue weighted by Crippen LogP contribution is -1.86. The van der Waals surface area contributed by atoms with Crippen molar-refractivity contribution in [2.45, 2.75) is 0 Å². The second-order valence-corrected chi connectivity index (χ2v) is 2.97. The number of anilines is 1. The van der Waals surface area contributed by atoms with Crippen LogP contribution < -0.4 is 10.5 Å². The van der Waals surface area contributed by atoms with Crippen molar-refractivity contribution in [3.05, 3.63) is 36.8 Å². The molecule has 0 amide bonds. The molecular formula is C11H11NO2. The van der Waals surface area contributed by atoms with Gasteiger partial charge in [0.05, 0.1) is 12.8 Å². The van der Waals surface area contributed by atoms with Crippen LogP contribution in [0.4, 0.5) is 5.69 Å². The van der Waals surface area contributed by atoms with Gasteiger partial charge in [-0.2, -0.15) is 0 Å². The van der Waals surface area contributed by atoms with Gasteiger partial charge in [0, 0.05) is 5.56 Å². The third kappa shape index (κ3) is 1.44. The highest BCUT2D eigenvalue weighted by Crippen LogP contribution is 2.28. The SMILES string of the molecule is COc1cccc(-c2cocc2N)c1. The highest BCUT2D eigenvalue weighted by molar-refractivity contribution is 5.75. The van der Waals surface area contributed by atoms with Crippen LogP contribution in [0.15, 0.2) is 41.2 Å². The summed E-state index contributed by atoms with van der Waals surface area (Å²) in [5, 5.41) is 0. The van der Waals surface area contributed by atoms with Crippen LogP contribution in [-0.2, 0) is 0 Å². The Morgan fingerprint density at radius 3 is 2.79 bits per heavy atom. The summed E-state index contributed by atoms with van der Waals surface area (Å²) in [6, 6.07) is 7.69. The minimum Gasteiger partial charge on any atom is -0.497 e. The van der Waals surface area contributed by atoms with E-state index < -0.39 is 0 Å². The van der Waals surface area contributed by atoms with Gasteiger partial charge in [-0.15, -0.1) is 0 Å². The van der Waals surface area contributed by atoms with Crippen molar-refractivity contribution >= 4 is 5.69 Å². The van der Waals surface area contributed by atoms with Crippen molar-refractivity contribution < 1.29 is 9.15 Å². The van der Waals surface area contributed by atoms with E-state index >= 15 is 0 Å². The molecule has 14 heavy (non-hydrogen) atoms. The van der Waals surface area contributed by atoms with E-state index in [1.165, 1.54) is 6.26 Å². The monoisotopic (exact) mass is 189 g/mol. The van der Waals surface area contributed by atoms with Gasteiger partial charge in [-0.25, -0.2) is 0 Å². The molecule has 1 heterocycles.